The van der Waals surface area contributed by atoms with Crippen LogP contribution in [0.5, 0.6) is 0 Å². The Morgan fingerprint density at radius 2 is 1.87 bits per heavy atom. The van der Waals surface area contributed by atoms with Crippen LogP contribution in [-0.2, 0) is 4.74 Å². The fraction of sp³-hybridized carbons (Fsp3) is 1.00. The fourth-order valence-electron chi connectivity index (χ4n) is 1.72. The molecule has 0 atom stereocenters. The highest BCUT2D eigenvalue weighted by molar-refractivity contribution is 4.74. The predicted molar refractivity (Wildman–Crippen MR) is 50.5 cm³/mol. The summed E-state index contributed by atoms with van der Waals surface area (Å²) >= 11 is 0. The largest absolute Gasteiger partial charge is 0.401 e. The number of nitrogens with zero attached hydrogens (tertiary/aromatic N) is 1. The van der Waals surface area contributed by atoms with Gasteiger partial charge < -0.3 is 10.5 Å². The molecule has 2 N–H and O–H groups in total. The van der Waals surface area contributed by atoms with Gasteiger partial charge in [0.25, 0.3) is 0 Å². The van der Waals surface area contributed by atoms with Crippen molar-refractivity contribution in [3.05, 3.63) is 0 Å². The molecule has 0 unspecified atom stereocenters. The average molecular weight is 226 g/mol. The van der Waals surface area contributed by atoms with Gasteiger partial charge in [-0.3, -0.25) is 4.90 Å². The third-order valence-electron chi connectivity index (χ3n) is 2.41. The number of likely N-dealkylation sites (tertiary alicyclic amines) is 1. The molecule has 1 saturated heterocycles. The van der Waals surface area contributed by atoms with Crippen molar-refractivity contribution in [2.24, 2.45) is 5.73 Å². The van der Waals surface area contributed by atoms with E-state index in [0.29, 0.717) is 39.1 Å². The van der Waals surface area contributed by atoms with Gasteiger partial charge in [0.15, 0.2) is 0 Å². The summed E-state index contributed by atoms with van der Waals surface area (Å²) in [5.41, 5.74) is 5.27. The maximum Gasteiger partial charge on any atom is 0.401 e. The van der Waals surface area contributed by atoms with Crippen LogP contribution >= 0.6 is 0 Å². The van der Waals surface area contributed by atoms with E-state index in [-0.39, 0.29) is 6.10 Å². The summed E-state index contributed by atoms with van der Waals surface area (Å²) in [6.07, 6.45) is -2.69. The molecule has 1 heterocycles. The average Bonchev–Trinajstić information content (AvgIpc) is 2.14. The van der Waals surface area contributed by atoms with Crippen LogP contribution in [-0.4, -0.2) is 50.0 Å². The van der Waals surface area contributed by atoms with Crippen LogP contribution in [0.15, 0.2) is 0 Å². The third-order valence-corrected chi connectivity index (χ3v) is 2.41. The van der Waals surface area contributed by atoms with Gasteiger partial charge in [-0.25, -0.2) is 0 Å². The molecule has 0 radical (unpaired) electrons. The van der Waals surface area contributed by atoms with E-state index in [9.17, 15) is 13.2 Å². The summed E-state index contributed by atoms with van der Waals surface area (Å²) in [6.45, 7) is 1.05. The fourth-order valence-corrected chi connectivity index (χ4v) is 1.72. The number of alkyl halides is 3. The predicted octanol–water partition coefficient (Wildman–Crippen LogP) is 0.988. The van der Waals surface area contributed by atoms with Crippen molar-refractivity contribution >= 4 is 0 Å². The van der Waals surface area contributed by atoms with Crippen molar-refractivity contribution in [1.29, 1.82) is 0 Å². The van der Waals surface area contributed by atoms with Gasteiger partial charge in [-0.1, -0.05) is 0 Å². The third kappa shape index (κ3) is 5.34. The lowest BCUT2D eigenvalue weighted by molar-refractivity contribution is -0.151. The van der Waals surface area contributed by atoms with Gasteiger partial charge in [0.1, 0.15) is 0 Å². The van der Waals surface area contributed by atoms with Crippen molar-refractivity contribution in [1.82, 2.24) is 4.90 Å². The van der Waals surface area contributed by atoms with E-state index >= 15 is 0 Å². The van der Waals surface area contributed by atoms with Crippen LogP contribution in [0.25, 0.3) is 0 Å². The number of hydrogen-bond acceptors (Lipinski definition) is 3. The van der Waals surface area contributed by atoms with Gasteiger partial charge in [0, 0.05) is 19.6 Å². The quantitative estimate of drug-likeness (QED) is 0.777. The number of ether oxygens (including phenoxy) is 1. The molecule has 15 heavy (non-hydrogen) atoms. The van der Waals surface area contributed by atoms with Gasteiger partial charge in [0.05, 0.1) is 19.3 Å². The minimum Gasteiger partial charge on any atom is -0.377 e. The molecule has 1 rings (SSSR count). The molecular weight excluding hydrogens is 209 g/mol. The topological polar surface area (TPSA) is 38.5 Å². The first kappa shape index (κ1) is 12.7. The summed E-state index contributed by atoms with van der Waals surface area (Å²) in [5, 5.41) is 0. The second-order valence-corrected chi connectivity index (χ2v) is 3.75. The van der Waals surface area contributed by atoms with Gasteiger partial charge >= 0.3 is 6.18 Å². The zero-order chi connectivity index (χ0) is 11.3. The van der Waals surface area contributed by atoms with E-state index in [4.69, 9.17) is 10.5 Å². The summed E-state index contributed by atoms with van der Waals surface area (Å²) < 4.78 is 41.5. The molecule has 0 saturated carbocycles. The number of halogens is 3. The summed E-state index contributed by atoms with van der Waals surface area (Å²) in [4.78, 5) is 1.42. The second kappa shape index (κ2) is 5.67. The zero-order valence-electron chi connectivity index (χ0n) is 8.59. The summed E-state index contributed by atoms with van der Waals surface area (Å²) in [7, 11) is 0. The lowest BCUT2D eigenvalue weighted by Crippen LogP contribution is -2.42. The monoisotopic (exact) mass is 226 g/mol. The van der Waals surface area contributed by atoms with E-state index in [2.05, 4.69) is 0 Å². The van der Waals surface area contributed by atoms with Crippen molar-refractivity contribution in [2.75, 3.05) is 32.8 Å². The van der Waals surface area contributed by atoms with Gasteiger partial charge in [0.2, 0.25) is 0 Å². The Morgan fingerprint density at radius 3 is 2.33 bits per heavy atom. The number of piperidine rings is 1. The molecule has 1 aliphatic rings. The molecule has 1 aliphatic heterocycles. The first-order valence-corrected chi connectivity index (χ1v) is 5.12. The van der Waals surface area contributed by atoms with E-state index in [1.807, 2.05) is 0 Å². The highest BCUT2D eigenvalue weighted by atomic mass is 19.4. The molecule has 0 aliphatic carbocycles. The Kier molecular flexibility index (Phi) is 4.82. The number of rotatable bonds is 4. The molecule has 0 aromatic rings. The van der Waals surface area contributed by atoms with Crippen LogP contribution in [0.1, 0.15) is 12.8 Å². The van der Waals surface area contributed by atoms with Crippen LogP contribution < -0.4 is 5.73 Å². The molecule has 0 bridgehead atoms. The Balaban J connectivity index is 2.18. The summed E-state index contributed by atoms with van der Waals surface area (Å²) in [5.74, 6) is 0. The maximum absolute atomic E-state index is 12.1. The molecule has 90 valence electrons. The molecule has 0 aromatic heterocycles. The van der Waals surface area contributed by atoms with Crippen LogP contribution in [0.4, 0.5) is 13.2 Å². The molecular formula is C9H17F3N2O. The maximum atomic E-state index is 12.1. The first-order valence-electron chi connectivity index (χ1n) is 5.12. The lowest BCUT2D eigenvalue weighted by Gasteiger charge is -2.32. The van der Waals surface area contributed by atoms with Crippen LogP contribution in [0.3, 0.4) is 0 Å². The molecule has 1 fully saturated rings. The van der Waals surface area contributed by atoms with Gasteiger partial charge in [-0.15, -0.1) is 0 Å². The van der Waals surface area contributed by atoms with Crippen molar-refractivity contribution in [2.45, 2.75) is 25.1 Å². The molecule has 0 aromatic carbocycles. The first-order chi connectivity index (χ1) is 7.01. The smallest absolute Gasteiger partial charge is 0.377 e. The highest BCUT2D eigenvalue weighted by Crippen LogP contribution is 2.20. The molecule has 3 nitrogen and oxygen atoms in total. The zero-order valence-corrected chi connectivity index (χ0v) is 8.59. The van der Waals surface area contributed by atoms with Crippen molar-refractivity contribution in [3.63, 3.8) is 0 Å². The van der Waals surface area contributed by atoms with Gasteiger partial charge in [-0.2, -0.15) is 13.2 Å². The molecule has 6 heteroatoms. The van der Waals surface area contributed by atoms with Crippen LogP contribution in [0.2, 0.25) is 0 Å². The Labute approximate surface area is 87.4 Å². The Hall–Kier alpha value is -0.330. The normalized spacial score (nSPS) is 20.8. The second-order valence-electron chi connectivity index (χ2n) is 3.75. The lowest BCUT2D eigenvalue weighted by atomic mass is 10.1. The van der Waals surface area contributed by atoms with E-state index in [0.717, 1.165) is 0 Å². The van der Waals surface area contributed by atoms with E-state index < -0.39 is 12.7 Å². The Bertz CT molecular complexity index is 179. The van der Waals surface area contributed by atoms with Crippen LogP contribution in [0, 0.1) is 0 Å². The number of nitrogens with two attached hydrogens (primary N) is 1. The van der Waals surface area contributed by atoms with E-state index in [1.165, 1.54) is 4.90 Å². The minimum absolute atomic E-state index is 0.0815. The highest BCUT2D eigenvalue weighted by Gasteiger charge is 2.32. The van der Waals surface area contributed by atoms with Crippen molar-refractivity contribution in [3.8, 4) is 0 Å². The number of hydrogen-bond donors (Lipinski definition) is 1. The van der Waals surface area contributed by atoms with Crippen molar-refractivity contribution < 1.29 is 17.9 Å². The molecule has 0 spiro atoms. The summed E-state index contributed by atoms with van der Waals surface area (Å²) in [6, 6.07) is 0. The Morgan fingerprint density at radius 1 is 1.27 bits per heavy atom. The van der Waals surface area contributed by atoms with E-state index in [1.54, 1.807) is 0 Å². The standard InChI is InChI=1S/C9H17F3N2O/c10-9(11,12)7-14-4-1-8(2-5-14)15-6-3-13/h8H,1-7,13H2. The molecule has 0 amide bonds. The minimum atomic E-state index is -4.09. The SMILES string of the molecule is NCCOC1CCN(CC(F)(F)F)CC1. The van der Waals surface area contributed by atoms with Gasteiger partial charge in [-0.05, 0) is 12.8 Å².